The Morgan fingerprint density at radius 3 is 2.55 bits per heavy atom. The van der Waals surface area contributed by atoms with E-state index >= 15 is 0 Å². The minimum atomic E-state index is -3.68. The van der Waals surface area contributed by atoms with Gasteiger partial charge in [0, 0.05) is 38.1 Å². The fourth-order valence-electron chi connectivity index (χ4n) is 4.11. The number of hydrogen-bond donors (Lipinski definition) is 1. The zero-order valence-electron chi connectivity index (χ0n) is 18.7. The van der Waals surface area contributed by atoms with Gasteiger partial charge in [0.1, 0.15) is 17.7 Å². The van der Waals surface area contributed by atoms with Crippen molar-refractivity contribution in [2.75, 3.05) is 13.1 Å². The molecule has 0 spiro atoms. The Morgan fingerprint density at radius 2 is 1.88 bits per heavy atom. The summed E-state index contributed by atoms with van der Waals surface area (Å²) in [6.07, 6.45) is 6.02. The maximum absolute atomic E-state index is 13.9. The van der Waals surface area contributed by atoms with Crippen LogP contribution in [0.5, 0.6) is 0 Å². The van der Waals surface area contributed by atoms with E-state index in [9.17, 15) is 17.6 Å². The van der Waals surface area contributed by atoms with Crippen LogP contribution in [-0.4, -0.2) is 41.3 Å². The Hall–Kier alpha value is -3.04. The molecule has 0 aliphatic carbocycles. The molecule has 0 radical (unpaired) electrons. The Kier molecular flexibility index (Phi) is 6.62. The van der Waals surface area contributed by atoms with Crippen LogP contribution >= 0.6 is 0 Å². The topological polar surface area (TPSA) is 84.3 Å². The molecule has 174 valence electrons. The number of hydrogen-bond acceptors (Lipinski definition) is 4. The van der Waals surface area contributed by atoms with E-state index in [0.717, 1.165) is 19.3 Å². The maximum Gasteiger partial charge on any atom is 0.252 e. The standard InChI is InChI=1S/C24H27FN4O3S/c1-17-9-10-20(33(31,32)29-12-4-3-5-13-29)16-21(17)24(30)27-22(23-26-11-14-28(23)2)18-7-6-8-19(25)15-18/h6-11,14-16,22H,3-5,12-13H2,1-2H3,(H,27,30). The number of carbonyl (C=O) groups is 1. The normalized spacial score (nSPS) is 15.8. The summed E-state index contributed by atoms with van der Waals surface area (Å²) in [5.41, 5.74) is 1.43. The number of piperidine rings is 1. The van der Waals surface area contributed by atoms with Gasteiger partial charge in [0.2, 0.25) is 10.0 Å². The molecule has 1 aliphatic rings. The molecular formula is C24H27FN4O3S. The zero-order valence-corrected chi connectivity index (χ0v) is 19.5. The molecule has 2 heterocycles. The maximum atomic E-state index is 13.9. The lowest BCUT2D eigenvalue weighted by molar-refractivity contribution is 0.0940. The number of imidazole rings is 1. The summed E-state index contributed by atoms with van der Waals surface area (Å²) in [5.74, 6) is -0.351. The number of aryl methyl sites for hydroxylation is 2. The molecule has 0 saturated carbocycles. The van der Waals surface area contributed by atoms with Crippen molar-refractivity contribution in [3.05, 3.63) is 83.2 Å². The fourth-order valence-corrected chi connectivity index (χ4v) is 5.65. The highest BCUT2D eigenvalue weighted by molar-refractivity contribution is 7.89. The Balaban J connectivity index is 1.68. The summed E-state index contributed by atoms with van der Waals surface area (Å²) >= 11 is 0. The minimum absolute atomic E-state index is 0.0967. The second kappa shape index (κ2) is 9.44. The van der Waals surface area contributed by atoms with Crippen LogP contribution in [0, 0.1) is 12.7 Å². The van der Waals surface area contributed by atoms with Gasteiger partial charge in [-0.2, -0.15) is 4.31 Å². The van der Waals surface area contributed by atoms with Gasteiger partial charge in [-0.1, -0.05) is 24.6 Å². The van der Waals surface area contributed by atoms with Gasteiger partial charge in [-0.15, -0.1) is 0 Å². The van der Waals surface area contributed by atoms with Crippen LogP contribution in [0.3, 0.4) is 0 Å². The number of nitrogens with one attached hydrogen (secondary N) is 1. The molecule has 1 aromatic heterocycles. The van der Waals surface area contributed by atoms with Crippen LogP contribution in [-0.2, 0) is 17.1 Å². The Labute approximate surface area is 193 Å². The lowest BCUT2D eigenvalue weighted by Crippen LogP contribution is -2.36. The first-order valence-corrected chi connectivity index (χ1v) is 12.4. The second-order valence-corrected chi connectivity index (χ2v) is 10.2. The third-order valence-electron chi connectivity index (χ3n) is 5.98. The number of aromatic nitrogens is 2. The van der Waals surface area contributed by atoms with Crippen LogP contribution in [0.2, 0.25) is 0 Å². The van der Waals surface area contributed by atoms with Crippen molar-refractivity contribution < 1.29 is 17.6 Å². The summed E-state index contributed by atoms with van der Waals surface area (Å²) in [7, 11) is -1.89. The van der Waals surface area contributed by atoms with Gasteiger partial charge in [0.25, 0.3) is 5.91 Å². The first kappa shape index (κ1) is 23.1. The fraction of sp³-hybridized carbons (Fsp3) is 0.333. The van der Waals surface area contributed by atoms with Crippen molar-refractivity contribution in [1.82, 2.24) is 19.2 Å². The monoisotopic (exact) mass is 470 g/mol. The first-order chi connectivity index (χ1) is 15.8. The molecule has 1 N–H and O–H groups in total. The van der Waals surface area contributed by atoms with Crippen LogP contribution in [0.4, 0.5) is 4.39 Å². The highest BCUT2D eigenvalue weighted by Gasteiger charge is 2.28. The van der Waals surface area contributed by atoms with E-state index in [4.69, 9.17) is 0 Å². The number of benzene rings is 2. The van der Waals surface area contributed by atoms with Gasteiger partial charge in [-0.25, -0.2) is 17.8 Å². The predicted octanol–water partition coefficient (Wildman–Crippen LogP) is 3.56. The van der Waals surface area contributed by atoms with E-state index in [1.54, 1.807) is 55.2 Å². The third kappa shape index (κ3) is 4.84. The number of sulfonamides is 1. The SMILES string of the molecule is Cc1ccc(S(=O)(=O)N2CCCCC2)cc1C(=O)NC(c1cccc(F)c1)c1nccn1C. The minimum Gasteiger partial charge on any atom is -0.338 e. The van der Waals surface area contributed by atoms with E-state index < -0.39 is 27.8 Å². The number of rotatable bonds is 6. The summed E-state index contributed by atoms with van der Waals surface area (Å²) < 4.78 is 43.4. The van der Waals surface area contributed by atoms with Gasteiger partial charge >= 0.3 is 0 Å². The molecule has 1 unspecified atom stereocenters. The zero-order chi connectivity index (χ0) is 23.6. The molecule has 1 aliphatic heterocycles. The largest absolute Gasteiger partial charge is 0.338 e. The predicted molar refractivity (Wildman–Crippen MR) is 123 cm³/mol. The molecule has 9 heteroatoms. The first-order valence-electron chi connectivity index (χ1n) is 10.9. The van der Waals surface area contributed by atoms with E-state index in [1.807, 2.05) is 0 Å². The molecule has 1 saturated heterocycles. The van der Waals surface area contributed by atoms with E-state index in [1.165, 1.54) is 22.5 Å². The van der Waals surface area contributed by atoms with Crippen molar-refractivity contribution in [3.63, 3.8) is 0 Å². The van der Waals surface area contributed by atoms with Crippen molar-refractivity contribution >= 4 is 15.9 Å². The van der Waals surface area contributed by atoms with Crippen LogP contribution in [0.1, 0.15) is 52.6 Å². The molecule has 1 amide bonds. The molecule has 4 rings (SSSR count). The summed E-state index contributed by atoms with van der Waals surface area (Å²) in [6, 6.07) is 9.87. The molecule has 7 nitrogen and oxygen atoms in total. The van der Waals surface area contributed by atoms with E-state index in [0.29, 0.717) is 30.0 Å². The number of amides is 1. The number of halogens is 1. The Morgan fingerprint density at radius 1 is 1.12 bits per heavy atom. The lowest BCUT2D eigenvalue weighted by atomic mass is 10.0. The van der Waals surface area contributed by atoms with Gasteiger partial charge in [0.05, 0.1) is 4.90 Å². The van der Waals surface area contributed by atoms with Crippen molar-refractivity contribution in [3.8, 4) is 0 Å². The highest BCUT2D eigenvalue weighted by Crippen LogP contribution is 2.25. The summed E-state index contributed by atoms with van der Waals surface area (Å²) in [5, 5.41) is 2.92. The molecule has 1 fully saturated rings. The van der Waals surface area contributed by atoms with Crippen molar-refractivity contribution in [1.29, 1.82) is 0 Å². The summed E-state index contributed by atoms with van der Waals surface area (Å²) in [4.78, 5) is 17.8. The van der Waals surface area contributed by atoms with Gasteiger partial charge in [-0.3, -0.25) is 4.79 Å². The molecule has 3 aromatic rings. The van der Waals surface area contributed by atoms with Gasteiger partial charge in [-0.05, 0) is 55.2 Å². The average molecular weight is 471 g/mol. The molecular weight excluding hydrogens is 443 g/mol. The number of carbonyl (C=O) groups excluding carboxylic acids is 1. The quantitative estimate of drug-likeness (QED) is 0.597. The average Bonchev–Trinajstić information content (AvgIpc) is 3.23. The lowest BCUT2D eigenvalue weighted by Gasteiger charge is -2.26. The molecule has 1 atom stereocenters. The van der Waals surface area contributed by atoms with Crippen LogP contribution in [0.25, 0.3) is 0 Å². The van der Waals surface area contributed by atoms with Crippen molar-refractivity contribution in [2.24, 2.45) is 7.05 Å². The third-order valence-corrected chi connectivity index (χ3v) is 7.88. The molecule has 2 aromatic carbocycles. The molecule has 33 heavy (non-hydrogen) atoms. The Bertz CT molecular complexity index is 1270. The second-order valence-electron chi connectivity index (χ2n) is 8.30. The highest BCUT2D eigenvalue weighted by atomic mass is 32.2. The molecule has 0 bridgehead atoms. The van der Waals surface area contributed by atoms with E-state index in [2.05, 4.69) is 10.3 Å². The number of nitrogens with zero attached hydrogens (tertiary/aromatic N) is 3. The van der Waals surface area contributed by atoms with Gasteiger partial charge in [0.15, 0.2) is 0 Å². The van der Waals surface area contributed by atoms with Gasteiger partial charge < -0.3 is 9.88 Å². The van der Waals surface area contributed by atoms with Crippen LogP contribution in [0.15, 0.2) is 59.8 Å². The van der Waals surface area contributed by atoms with Crippen LogP contribution < -0.4 is 5.32 Å². The van der Waals surface area contributed by atoms with Crippen molar-refractivity contribution in [2.45, 2.75) is 37.1 Å². The summed E-state index contributed by atoms with van der Waals surface area (Å²) in [6.45, 7) is 2.72. The smallest absolute Gasteiger partial charge is 0.252 e. The van der Waals surface area contributed by atoms with E-state index in [-0.39, 0.29) is 10.5 Å².